The van der Waals surface area contributed by atoms with Gasteiger partial charge >= 0.3 is 0 Å². The Labute approximate surface area is 96.1 Å². The summed E-state index contributed by atoms with van der Waals surface area (Å²) in [5.74, 6) is 1.04. The Bertz CT molecular complexity index is 344. The molecule has 2 rings (SSSR count). The molecule has 1 N–H and O–H groups in total. The van der Waals surface area contributed by atoms with Crippen LogP contribution < -0.4 is 0 Å². The summed E-state index contributed by atoms with van der Waals surface area (Å²) in [5, 5.41) is 10.8. The number of aryl methyl sites for hydroxylation is 1. The van der Waals surface area contributed by atoms with Crippen molar-refractivity contribution in [3.63, 3.8) is 0 Å². The van der Waals surface area contributed by atoms with E-state index in [1.165, 1.54) is 16.2 Å². The van der Waals surface area contributed by atoms with E-state index in [9.17, 15) is 5.11 Å². The van der Waals surface area contributed by atoms with Crippen molar-refractivity contribution in [3.05, 3.63) is 21.9 Å². The monoisotopic (exact) mass is 224 g/mol. The zero-order chi connectivity index (χ0) is 11.1. The molecular weight excluding hydrogens is 204 g/mol. The van der Waals surface area contributed by atoms with Crippen molar-refractivity contribution < 1.29 is 5.11 Å². The van der Waals surface area contributed by atoms with Gasteiger partial charge in [0.25, 0.3) is 0 Å². The molecule has 84 valence electrons. The van der Waals surface area contributed by atoms with Gasteiger partial charge in [-0.1, -0.05) is 20.3 Å². The average Bonchev–Trinajstić information content (AvgIpc) is 2.59. The highest BCUT2D eigenvalue weighted by Gasteiger charge is 2.41. The summed E-state index contributed by atoms with van der Waals surface area (Å²) in [7, 11) is 0. The lowest BCUT2D eigenvalue weighted by molar-refractivity contribution is -0.0597. The second-order valence-electron chi connectivity index (χ2n) is 5.12. The molecule has 1 aromatic rings. The molecule has 1 saturated carbocycles. The summed E-state index contributed by atoms with van der Waals surface area (Å²) in [6.45, 7) is 6.53. The first kappa shape index (κ1) is 11.2. The lowest BCUT2D eigenvalue weighted by Gasteiger charge is -2.40. The Morgan fingerprint density at radius 2 is 2.07 bits per heavy atom. The van der Waals surface area contributed by atoms with Crippen LogP contribution in [0.2, 0.25) is 0 Å². The molecule has 0 amide bonds. The van der Waals surface area contributed by atoms with Gasteiger partial charge in [-0.05, 0) is 43.7 Å². The van der Waals surface area contributed by atoms with E-state index in [1.54, 1.807) is 11.3 Å². The Kier molecular flexibility index (Phi) is 2.91. The smallest absolute Gasteiger partial charge is 0.102 e. The predicted molar refractivity (Wildman–Crippen MR) is 65.1 cm³/mol. The van der Waals surface area contributed by atoms with Crippen LogP contribution >= 0.6 is 11.3 Å². The fourth-order valence-corrected chi connectivity index (χ4v) is 3.70. The maximum Gasteiger partial charge on any atom is 0.102 e. The van der Waals surface area contributed by atoms with Crippen molar-refractivity contribution >= 4 is 11.3 Å². The standard InChI is InChI=1S/C13H20OS/c1-9-4-5-10(2)13(14,8-9)12-7-6-11(3)15-12/h6-7,9-10,14H,4-5,8H2,1-3H3. The molecule has 15 heavy (non-hydrogen) atoms. The van der Waals surface area contributed by atoms with Gasteiger partial charge in [-0.2, -0.15) is 0 Å². The first-order valence-electron chi connectivity index (χ1n) is 5.81. The number of rotatable bonds is 1. The number of hydrogen-bond acceptors (Lipinski definition) is 2. The number of thiophene rings is 1. The topological polar surface area (TPSA) is 20.2 Å². The molecule has 0 aromatic carbocycles. The Hall–Kier alpha value is -0.340. The molecule has 0 radical (unpaired) electrons. The third-order valence-electron chi connectivity index (χ3n) is 3.73. The maximum absolute atomic E-state index is 10.8. The molecule has 3 atom stereocenters. The van der Waals surface area contributed by atoms with Crippen LogP contribution in [0.5, 0.6) is 0 Å². The van der Waals surface area contributed by atoms with E-state index >= 15 is 0 Å². The van der Waals surface area contributed by atoms with Crippen molar-refractivity contribution in [2.24, 2.45) is 11.8 Å². The molecule has 1 aliphatic rings. The molecular formula is C13H20OS. The van der Waals surface area contributed by atoms with Crippen molar-refractivity contribution in [1.29, 1.82) is 0 Å². The van der Waals surface area contributed by atoms with Crippen molar-refractivity contribution in [1.82, 2.24) is 0 Å². The largest absolute Gasteiger partial charge is 0.384 e. The van der Waals surface area contributed by atoms with Gasteiger partial charge in [0.1, 0.15) is 5.60 Å². The Morgan fingerprint density at radius 3 is 2.67 bits per heavy atom. The van der Waals surface area contributed by atoms with Gasteiger partial charge < -0.3 is 5.11 Å². The minimum absolute atomic E-state index is 0.395. The van der Waals surface area contributed by atoms with Gasteiger partial charge in [0, 0.05) is 9.75 Å². The second-order valence-corrected chi connectivity index (χ2v) is 6.41. The SMILES string of the molecule is Cc1ccc(C2(O)CC(C)CCC2C)s1. The summed E-state index contributed by atoms with van der Waals surface area (Å²) in [6.07, 6.45) is 3.33. The van der Waals surface area contributed by atoms with Gasteiger partial charge in [0.05, 0.1) is 0 Å². The van der Waals surface area contributed by atoms with Crippen LogP contribution in [0, 0.1) is 18.8 Å². The third-order valence-corrected chi connectivity index (χ3v) is 4.90. The highest BCUT2D eigenvalue weighted by molar-refractivity contribution is 7.12. The normalized spacial score (nSPS) is 36.8. The number of hydrogen-bond donors (Lipinski definition) is 1. The van der Waals surface area contributed by atoms with Crippen LogP contribution in [0.15, 0.2) is 12.1 Å². The maximum atomic E-state index is 10.8. The van der Waals surface area contributed by atoms with Crippen molar-refractivity contribution in [2.75, 3.05) is 0 Å². The van der Waals surface area contributed by atoms with Gasteiger partial charge in [-0.25, -0.2) is 0 Å². The molecule has 1 heterocycles. The Balaban J connectivity index is 2.30. The highest BCUT2D eigenvalue weighted by atomic mass is 32.1. The fraction of sp³-hybridized carbons (Fsp3) is 0.692. The van der Waals surface area contributed by atoms with Gasteiger partial charge in [-0.3, -0.25) is 0 Å². The van der Waals surface area contributed by atoms with E-state index < -0.39 is 5.60 Å². The number of aliphatic hydroxyl groups is 1. The molecule has 3 unspecified atom stereocenters. The zero-order valence-corrected chi connectivity index (χ0v) is 10.6. The second kappa shape index (κ2) is 3.91. The molecule has 1 nitrogen and oxygen atoms in total. The van der Waals surface area contributed by atoms with Gasteiger partial charge in [0.2, 0.25) is 0 Å². The quantitative estimate of drug-likeness (QED) is 0.771. The highest BCUT2D eigenvalue weighted by Crippen LogP contribution is 2.45. The van der Waals surface area contributed by atoms with E-state index in [1.807, 2.05) is 0 Å². The van der Waals surface area contributed by atoms with Crippen molar-refractivity contribution in [3.8, 4) is 0 Å². The summed E-state index contributed by atoms with van der Waals surface area (Å²) >= 11 is 1.75. The minimum atomic E-state index is -0.559. The third kappa shape index (κ3) is 1.98. The average molecular weight is 224 g/mol. The van der Waals surface area contributed by atoms with Crippen LogP contribution in [-0.4, -0.2) is 5.11 Å². The van der Waals surface area contributed by atoms with Crippen LogP contribution in [0.3, 0.4) is 0 Å². The first-order chi connectivity index (χ1) is 7.02. The van der Waals surface area contributed by atoms with Crippen molar-refractivity contribution in [2.45, 2.75) is 45.6 Å². The summed E-state index contributed by atoms with van der Waals surface area (Å²) in [5.41, 5.74) is -0.559. The van der Waals surface area contributed by atoms with Gasteiger partial charge in [-0.15, -0.1) is 11.3 Å². The Morgan fingerprint density at radius 1 is 1.33 bits per heavy atom. The van der Waals surface area contributed by atoms with E-state index in [2.05, 4.69) is 32.9 Å². The lowest BCUT2D eigenvalue weighted by Crippen LogP contribution is -2.38. The molecule has 1 aliphatic carbocycles. The van der Waals surface area contributed by atoms with E-state index in [0.29, 0.717) is 11.8 Å². The summed E-state index contributed by atoms with van der Waals surface area (Å²) in [6, 6.07) is 4.22. The van der Waals surface area contributed by atoms with Crippen LogP contribution in [-0.2, 0) is 5.60 Å². The van der Waals surface area contributed by atoms with E-state index in [0.717, 1.165) is 12.8 Å². The molecule has 0 aliphatic heterocycles. The van der Waals surface area contributed by atoms with E-state index in [-0.39, 0.29) is 0 Å². The zero-order valence-electron chi connectivity index (χ0n) is 9.79. The summed E-state index contributed by atoms with van der Waals surface area (Å²) in [4.78, 5) is 2.46. The molecule has 0 bridgehead atoms. The minimum Gasteiger partial charge on any atom is -0.384 e. The lowest BCUT2D eigenvalue weighted by atomic mass is 9.71. The predicted octanol–water partition coefficient (Wildman–Crippen LogP) is 3.70. The molecule has 1 aromatic heterocycles. The molecule has 1 fully saturated rings. The summed E-state index contributed by atoms with van der Waals surface area (Å²) < 4.78 is 0. The van der Waals surface area contributed by atoms with Crippen LogP contribution in [0.4, 0.5) is 0 Å². The van der Waals surface area contributed by atoms with Crippen LogP contribution in [0.1, 0.15) is 42.9 Å². The fourth-order valence-electron chi connectivity index (χ4n) is 2.62. The van der Waals surface area contributed by atoms with E-state index in [4.69, 9.17) is 0 Å². The molecule has 0 spiro atoms. The first-order valence-corrected chi connectivity index (χ1v) is 6.63. The molecule has 0 saturated heterocycles. The molecule has 2 heteroatoms. The van der Waals surface area contributed by atoms with Crippen LogP contribution in [0.25, 0.3) is 0 Å². The van der Waals surface area contributed by atoms with Gasteiger partial charge in [0.15, 0.2) is 0 Å².